The van der Waals surface area contributed by atoms with Gasteiger partial charge in [0.1, 0.15) is 10.8 Å². The molecule has 0 spiro atoms. The molecule has 0 fully saturated rings. The summed E-state index contributed by atoms with van der Waals surface area (Å²) in [7, 11) is 0. The third-order valence-corrected chi connectivity index (χ3v) is 2.70. The number of aliphatic hydroxyl groups excluding tert-OH is 1. The predicted molar refractivity (Wildman–Crippen MR) is 70.7 cm³/mol. The third-order valence-electron chi connectivity index (χ3n) is 2.47. The second-order valence-electron chi connectivity index (χ2n) is 4.26. The molecule has 0 bridgehead atoms. The SMILES string of the molecule is NC(=S)c1cc(F)cc(CN(CCO)CC(F)(F)F)c1. The van der Waals surface area contributed by atoms with Crippen molar-refractivity contribution in [3.63, 3.8) is 0 Å². The number of nitrogens with two attached hydrogens (primary N) is 1. The lowest BCUT2D eigenvalue weighted by molar-refractivity contribution is -0.147. The van der Waals surface area contributed by atoms with E-state index < -0.39 is 25.1 Å². The smallest absolute Gasteiger partial charge is 0.395 e. The number of alkyl halides is 3. The van der Waals surface area contributed by atoms with Crippen LogP contribution in [0.1, 0.15) is 11.1 Å². The number of halogens is 4. The molecule has 0 saturated heterocycles. The first-order chi connectivity index (χ1) is 9.21. The van der Waals surface area contributed by atoms with Crippen LogP contribution in [0.3, 0.4) is 0 Å². The zero-order chi connectivity index (χ0) is 15.3. The lowest BCUT2D eigenvalue weighted by atomic mass is 10.1. The fourth-order valence-corrected chi connectivity index (χ4v) is 1.87. The molecule has 8 heteroatoms. The van der Waals surface area contributed by atoms with Gasteiger partial charge in [-0.3, -0.25) is 4.90 Å². The minimum absolute atomic E-state index is 0.0321. The van der Waals surface area contributed by atoms with Crippen molar-refractivity contribution in [1.82, 2.24) is 4.90 Å². The molecule has 1 rings (SSSR count). The number of nitrogens with zero attached hydrogens (tertiary/aromatic N) is 1. The summed E-state index contributed by atoms with van der Waals surface area (Å²) in [5.41, 5.74) is 5.94. The van der Waals surface area contributed by atoms with E-state index in [9.17, 15) is 17.6 Å². The van der Waals surface area contributed by atoms with Crippen molar-refractivity contribution in [3.05, 3.63) is 35.1 Å². The van der Waals surface area contributed by atoms with Crippen LogP contribution < -0.4 is 5.73 Å². The molecule has 1 aromatic rings. The number of hydrogen-bond donors (Lipinski definition) is 2. The fourth-order valence-electron chi connectivity index (χ4n) is 1.75. The van der Waals surface area contributed by atoms with Crippen molar-refractivity contribution in [2.45, 2.75) is 12.7 Å². The number of hydrogen-bond acceptors (Lipinski definition) is 3. The van der Waals surface area contributed by atoms with Gasteiger partial charge in [0.05, 0.1) is 13.2 Å². The van der Waals surface area contributed by atoms with Crippen molar-refractivity contribution in [2.75, 3.05) is 19.7 Å². The van der Waals surface area contributed by atoms with E-state index in [2.05, 4.69) is 0 Å². The van der Waals surface area contributed by atoms with Crippen LogP contribution in [-0.2, 0) is 6.54 Å². The molecule has 3 N–H and O–H groups in total. The molecule has 0 saturated carbocycles. The predicted octanol–water partition coefficient (Wildman–Crippen LogP) is 1.82. The molecular formula is C12H14F4N2OS. The van der Waals surface area contributed by atoms with Gasteiger partial charge in [0.25, 0.3) is 0 Å². The monoisotopic (exact) mass is 310 g/mol. The zero-order valence-corrected chi connectivity index (χ0v) is 11.3. The summed E-state index contributed by atoms with van der Waals surface area (Å²) in [5, 5.41) is 8.79. The summed E-state index contributed by atoms with van der Waals surface area (Å²) >= 11 is 4.71. The Morgan fingerprint density at radius 2 is 1.95 bits per heavy atom. The van der Waals surface area contributed by atoms with Crippen LogP contribution in [0.2, 0.25) is 0 Å². The minimum atomic E-state index is -4.39. The molecule has 0 amide bonds. The van der Waals surface area contributed by atoms with E-state index in [1.165, 1.54) is 6.07 Å². The highest BCUT2D eigenvalue weighted by molar-refractivity contribution is 7.80. The molecule has 0 unspecified atom stereocenters. The van der Waals surface area contributed by atoms with Crippen molar-refractivity contribution in [2.24, 2.45) is 5.73 Å². The summed E-state index contributed by atoms with van der Waals surface area (Å²) < 4.78 is 50.5. The van der Waals surface area contributed by atoms with Gasteiger partial charge in [-0.2, -0.15) is 13.2 Å². The maximum Gasteiger partial charge on any atom is 0.401 e. The van der Waals surface area contributed by atoms with Crippen LogP contribution in [0.15, 0.2) is 18.2 Å². The molecule has 0 radical (unpaired) electrons. The minimum Gasteiger partial charge on any atom is -0.395 e. The van der Waals surface area contributed by atoms with Crippen molar-refractivity contribution in [3.8, 4) is 0 Å². The number of rotatable bonds is 6. The molecule has 1 aromatic carbocycles. The van der Waals surface area contributed by atoms with Gasteiger partial charge < -0.3 is 10.8 Å². The van der Waals surface area contributed by atoms with E-state index in [0.717, 1.165) is 17.0 Å². The first-order valence-electron chi connectivity index (χ1n) is 5.70. The molecule has 0 aliphatic heterocycles. The lowest BCUT2D eigenvalue weighted by Crippen LogP contribution is -2.35. The van der Waals surface area contributed by atoms with Crippen LogP contribution >= 0.6 is 12.2 Å². The second kappa shape index (κ2) is 6.96. The lowest BCUT2D eigenvalue weighted by Gasteiger charge is -2.23. The van der Waals surface area contributed by atoms with Gasteiger partial charge >= 0.3 is 6.18 Å². The highest BCUT2D eigenvalue weighted by Crippen LogP contribution is 2.19. The standard InChI is InChI=1S/C12H14F4N2OS/c13-10-4-8(3-9(5-10)11(17)20)6-18(1-2-19)7-12(14,15)16/h3-5,19H,1-2,6-7H2,(H2,17,20). The van der Waals surface area contributed by atoms with Crippen molar-refractivity contribution >= 4 is 17.2 Å². The Bertz CT molecular complexity index is 479. The van der Waals surface area contributed by atoms with Crippen LogP contribution in [0.4, 0.5) is 17.6 Å². The topological polar surface area (TPSA) is 49.5 Å². The number of aliphatic hydroxyl groups is 1. The van der Waals surface area contributed by atoms with Gasteiger partial charge in [-0.25, -0.2) is 4.39 Å². The van der Waals surface area contributed by atoms with Gasteiger partial charge in [-0.05, 0) is 23.8 Å². The molecule has 112 valence electrons. The Hall–Kier alpha value is -1.25. The van der Waals surface area contributed by atoms with Crippen molar-refractivity contribution < 1.29 is 22.7 Å². The number of thiocarbonyl (C=S) groups is 1. The summed E-state index contributed by atoms with van der Waals surface area (Å²) in [4.78, 5) is 0.938. The highest BCUT2D eigenvalue weighted by Gasteiger charge is 2.30. The quantitative estimate of drug-likeness (QED) is 0.621. The summed E-state index contributed by atoms with van der Waals surface area (Å²) in [5.74, 6) is -0.624. The van der Waals surface area contributed by atoms with E-state index in [0.29, 0.717) is 5.56 Å². The van der Waals surface area contributed by atoms with E-state index in [1.807, 2.05) is 0 Å². The average Bonchev–Trinajstić information content (AvgIpc) is 2.25. The Kier molecular flexibility index (Phi) is 5.85. The Balaban J connectivity index is 2.90. The van der Waals surface area contributed by atoms with E-state index in [4.69, 9.17) is 23.1 Å². The van der Waals surface area contributed by atoms with Crippen LogP contribution in [0.25, 0.3) is 0 Å². The summed E-state index contributed by atoms with van der Waals surface area (Å²) in [6.07, 6.45) is -4.39. The van der Waals surface area contributed by atoms with Gasteiger partial charge in [0, 0.05) is 18.7 Å². The van der Waals surface area contributed by atoms with Gasteiger partial charge in [-0.15, -0.1) is 0 Å². The molecule has 0 heterocycles. The fraction of sp³-hybridized carbons (Fsp3) is 0.417. The van der Waals surface area contributed by atoms with Gasteiger partial charge in [-0.1, -0.05) is 12.2 Å². The third kappa shape index (κ3) is 5.81. The van der Waals surface area contributed by atoms with E-state index in [-0.39, 0.29) is 23.6 Å². The molecule has 0 aliphatic carbocycles. The Labute approximate surface area is 119 Å². The molecular weight excluding hydrogens is 296 g/mol. The maximum absolute atomic E-state index is 13.4. The first kappa shape index (κ1) is 16.8. The normalized spacial score (nSPS) is 11.9. The van der Waals surface area contributed by atoms with Crippen LogP contribution in [-0.4, -0.2) is 40.9 Å². The largest absolute Gasteiger partial charge is 0.401 e. The van der Waals surface area contributed by atoms with E-state index >= 15 is 0 Å². The van der Waals surface area contributed by atoms with Crippen LogP contribution in [0.5, 0.6) is 0 Å². The maximum atomic E-state index is 13.4. The van der Waals surface area contributed by atoms with Crippen LogP contribution in [0, 0.1) is 5.82 Å². The molecule has 0 aliphatic rings. The second-order valence-corrected chi connectivity index (χ2v) is 4.70. The molecule has 20 heavy (non-hydrogen) atoms. The Morgan fingerprint density at radius 3 is 2.45 bits per heavy atom. The summed E-state index contributed by atoms with van der Waals surface area (Å²) in [6.45, 7) is -1.94. The first-order valence-corrected chi connectivity index (χ1v) is 6.11. The zero-order valence-electron chi connectivity index (χ0n) is 10.5. The molecule has 0 atom stereocenters. The van der Waals surface area contributed by atoms with E-state index in [1.54, 1.807) is 0 Å². The summed E-state index contributed by atoms with van der Waals surface area (Å²) in [6, 6.07) is 3.67. The molecule has 3 nitrogen and oxygen atoms in total. The van der Waals surface area contributed by atoms with Gasteiger partial charge in [0.2, 0.25) is 0 Å². The Morgan fingerprint density at radius 1 is 1.30 bits per heavy atom. The molecule has 0 aromatic heterocycles. The highest BCUT2D eigenvalue weighted by atomic mass is 32.1. The number of benzene rings is 1. The average molecular weight is 310 g/mol. The van der Waals surface area contributed by atoms with Crippen molar-refractivity contribution in [1.29, 1.82) is 0 Å². The van der Waals surface area contributed by atoms with Gasteiger partial charge in [0.15, 0.2) is 0 Å².